The molecule has 2 aromatic carbocycles. The van der Waals surface area contributed by atoms with E-state index in [1.165, 1.54) is 12.1 Å². The number of nitriles is 1. The first-order chi connectivity index (χ1) is 15.0. The average Bonchev–Trinajstić information content (AvgIpc) is 2.79. The van der Waals surface area contributed by atoms with Crippen molar-refractivity contribution in [2.45, 2.75) is 6.92 Å². The van der Waals surface area contributed by atoms with Gasteiger partial charge in [0.1, 0.15) is 17.1 Å². The van der Waals surface area contributed by atoms with Crippen molar-refractivity contribution < 1.29 is 9.90 Å². The molecule has 0 atom stereocenters. The van der Waals surface area contributed by atoms with Crippen molar-refractivity contribution in [2.24, 2.45) is 0 Å². The fourth-order valence-corrected chi connectivity index (χ4v) is 3.61. The Kier molecular flexibility index (Phi) is 5.41. The number of carbonyl (C=O) groups excluding carboxylic acids is 1. The van der Waals surface area contributed by atoms with Crippen LogP contribution in [0.1, 0.15) is 18.3 Å². The quantitative estimate of drug-likeness (QED) is 0.635. The molecule has 31 heavy (non-hydrogen) atoms. The second-order valence-electron chi connectivity index (χ2n) is 7.39. The maximum absolute atomic E-state index is 12.7. The van der Waals surface area contributed by atoms with E-state index in [4.69, 9.17) is 5.26 Å². The number of para-hydroxylation sites is 1. The van der Waals surface area contributed by atoms with E-state index < -0.39 is 0 Å². The number of H-pyrrole nitrogens is 1. The van der Waals surface area contributed by atoms with E-state index in [2.05, 4.69) is 20.9 Å². The lowest BCUT2D eigenvalue weighted by atomic mass is 10.2. The Hall–Kier alpha value is -4.12. The zero-order valence-electron chi connectivity index (χ0n) is 17.0. The monoisotopic (exact) mass is 415 g/mol. The molecule has 0 bridgehead atoms. The number of anilines is 1. The van der Waals surface area contributed by atoms with Gasteiger partial charge in [0.05, 0.1) is 17.0 Å². The standard InChI is InChI=1S/C23H21N5O3/c1-15(22-25-21-18(23(31)26-22)3-2-4-19(21)29)13-20(30)28-11-9-27(10-12-28)17-7-5-16(14-24)6-8-17/h2-8,13,29H,9-12H2,1H3,(H,25,26,31)/b15-13+. The number of hydrogen-bond donors (Lipinski definition) is 2. The first kappa shape index (κ1) is 20.2. The number of nitrogens with one attached hydrogen (secondary N) is 1. The Morgan fingerprint density at radius 1 is 1.16 bits per heavy atom. The van der Waals surface area contributed by atoms with Crippen LogP contribution in [0.5, 0.6) is 5.75 Å². The molecule has 8 heteroatoms. The first-order valence-corrected chi connectivity index (χ1v) is 9.91. The number of aromatic amines is 1. The Labute approximate surface area is 178 Å². The number of amides is 1. The van der Waals surface area contributed by atoms with E-state index in [0.29, 0.717) is 42.7 Å². The number of allylic oxidation sites excluding steroid dienone is 1. The number of fused-ring (bicyclic) bond motifs is 1. The predicted molar refractivity (Wildman–Crippen MR) is 118 cm³/mol. The number of benzene rings is 2. The molecule has 8 nitrogen and oxygen atoms in total. The minimum absolute atomic E-state index is 0.0806. The summed E-state index contributed by atoms with van der Waals surface area (Å²) in [6.45, 7) is 4.19. The van der Waals surface area contributed by atoms with Gasteiger partial charge in [-0.1, -0.05) is 6.07 Å². The van der Waals surface area contributed by atoms with Gasteiger partial charge in [-0.25, -0.2) is 4.98 Å². The molecule has 1 aliphatic heterocycles. The third-order valence-corrected chi connectivity index (χ3v) is 5.38. The van der Waals surface area contributed by atoms with Crippen molar-refractivity contribution >= 4 is 28.1 Å². The highest BCUT2D eigenvalue weighted by atomic mass is 16.3. The van der Waals surface area contributed by atoms with Crippen molar-refractivity contribution in [3.05, 3.63) is 70.3 Å². The molecule has 0 aliphatic carbocycles. The Morgan fingerprint density at radius 3 is 2.55 bits per heavy atom. The molecule has 2 heterocycles. The van der Waals surface area contributed by atoms with Gasteiger partial charge in [-0.3, -0.25) is 9.59 Å². The van der Waals surface area contributed by atoms with Gasteiger partial charge in [-0.2, -0.15) is 5.26 Å². The van der Waals surface area contributed by atoms with Gasteiger partial charge >= 0.3 is 0 Å². The normalized spacial score (nSPS) is 14.5. The molecular weight excluding hydrogens is 394 g/mol. The van der Waals surface area contributed by atoms with E-state index in [1.54, 1.807) is 36.1 Å². The van der Waals surface area contributed by atoms with Crippen LogP contribution in [0.2, 0.25) is 0 Å². The van der Waals surface area contributed by atoms with E-state index in [9.17, 15) is 14.7 Å². The third-order valence-electron chi connectivity index (χ3n) is 5.38. The number of hydrogen-bond acceptors (Lipinski definition) is 6. The molecule has 4 rings (SSSR count). The summed E-state index contributed by atoms with van der Waals surface area (Å²) in [4.78, 5) is 36.0. The molecule has 0 unspecified atom stereocenters. The van der Waals surface area contributed by atoms with Gasteiger partial charge in [0, 0.05) is 37.9 Å². The maximum atomic E-state index is 12.7. The predicted octanol–water partition coefficient (Wildman–Crippen LogP) is 2.25. The van der Waals surface area contributed by atoms with E-state index >= 15 is 0 Å². The largest absolute Gasteiger partial charge is 0.506 e. The second-order valence-corrected chi connectivity index (χ2v) is 7.39. The SMILES string of the molecule is C/C(=C\C(=O)N1CCN(c2ccc(C#N)cc2)CC1)c1nc2c(O)cccc2c(=O)[nH]1. The minimum Gasteiger partial charge on any atom is -0.506 e. The summed E-state index contributed by atoms with van der Waals surface area (Å²) in [5, 5.41) is 19.2. The Bertz CT molecular complexity index is 1260. The van der Waals surface area contributed by atoms with Gasteiger partial charge in [-0.05, 0) is 48.9 Å². The van der Waals surface area contributed by atoms with Crippen LogP contribution >= 0.6 is 0 Å². The minimum atomic E-state index is -0.368. The molecule has 1 amide bonds. The van der Waals surface area contributed by atoms with Crippen LogP contribution in [0.4, 0.5) is 5.69 Å². The van der Waals surface area contributed by atoms with Gasteiger partial charge in [0.15, 0.2) is 0 Å². The van der Waals surface area contributed by atoms with Crippen molar-refractivity contribution in [3.8, 4) is 11.8 Å². The molecule has 156 valence electrons. The molecular formula is C23H21N5O3. The Balaban J connectivity index is 1.47. The van der Waals surface area contributed by atoms with E-state index in [0.717, 1.165) is 5.69 Å². The highest BCUT2D eigenvalue weighted by molar-refractivity contribution is 5.95. The highest BCUT2D eigenvalue weighted by Gasteiger charge is 2.20. The lowest BCUT2D eigenvalue weighted by Crippen LogP contribution is -2.48. The molecule has 1 aromatic heterocycles. The number of piperazine rings is 1. The van der Waals surface area contributed by atoms with E-state index in [1.807, 2.05) is 12.1 Å². The van der Waals surface area contributed by atoms with Crippen molar-refractivity contribution in [1.82, 2.24) is 14.9 Å². The molecule has 3 aromatic rings. The summed E-state index contributed by atoms with van der Waals surface area (Å²) in [6, 6.07) is 14.1. The smallest absolute Gasteiger partial charge is 0.259 e. The summed E-state index contributed by atoms with van der Waals surface area (Å²) in [7, 11) is 0. The lowest BCUT2D eigenvalue weighted by molar-refractivity contribution is -0.126. The molecule has 1 saturated heterocycles. The number of aromatic nitrogens is 2. The Morgan fingerprint density at radius 2 is 1.87 bits per heavy atom. The van der Waals surface area contributed by atoms with Crippen LogP contribution < -0.4 is 10.5 Å². The average molecular weight is 415 g/mol. The van der Waals surface area contributed by atoms with Crippen molar-refractivity contribution in [2.75, 3.05) is 31.1 Å². The fourth-order valence-electron chi connectivity index (χ4n) is 3.61. The maximum Gasteiger partial charge on any atom is 0.259 e. The number of carbonyl (C=O) groups is 1. The van der Waals surface area contributed by atoms with Crippen LogP contribution in [0.25, 0.3) is 16.5 Å². The second kappa shape index (κ2) is 8.32. The lowest BCUT2D eigenvalue weighted by Gasteiger charge is -2.35. The summed E-state index contributed by atoms with van der Waals surface area (Å²) in [5.41, 5.74) is 1.99. The van der Waals surface area contributed by atoms with Crippen LogP contribution in [-0.4, -0.2) is 52.1 Å². The van der Waals surface area contributed by atoms with Crippen LogP contribution in [0.3, 0.4) is 0 Å². The van der Waals surface area contributed by atoms with Crippen molar-refractivity contribution in [3.63, 3.8) is 0 Å². The molecule has 1 fully saturated rings. The summed E-state index contributed by atoms with van der Waals surface area (Å²) < 4.78 is 0. The first-order valence-electron chi connectivity index (χ1n) is 9.91. The molecule has 0 radical (unpaired) electrons. The van der Waals surface area contributed by atoms with Gasteiger partial charge in [0.25, 0.3) is 5.56 Å². The van der Waals surface area contributed by atoms with Crippen LogP contribution in [-0.2, 0) is 4.79 Å². The van der Waals surface area contributed by atoms with Crippen molar-refractivity contribution in [1.29, 1.82) is 5.26 Å². The molecule has 2 N–H and O–H groups in total. The number of nitrogens with zero attached hydrogens (tertiary/aromatic N) is 4. The summed E-state index contributed by atoms with van der Waals surface area (Å²) in [6.07, 6.45) is 1.46. The molecule has 0 spiro atoms. The number of phenols is 1. The topological polar surface area (TPSA) is 113 Å². The summed E-state index contributed by atoms with van der Waals surface area (Å²) >= 11 is 0. The molecule has 1 aliphatic rings. The van der Waals surface area contributed by atoms with Gasteiger partial charge < -0.3 is 19.9 Å². The fraction of sp³-hybridized carbons (Fsp3) is 0.217. The zero-order chi connectivity index (χ0) is 22.0. The zero-order valence-corrected chi connectivity index (χ0v) is 17.0. The molecule has 0 saturated carbocycles. The third kappa shape index (κ3) is 4.12. The van der Waals surface area contributed by atoms with Gasteiger partial charge in [0.2, 0.25) is 5.91 Å². The number of rotatable bonds is 3. The van der Waals surface area contributed by atoms with Gasteiger partial charge in [-0.15, -0.1) is 0 Å². The van der Waals surface area contributed by atoms with Crippen LogP contribution in [0, 0.1) is 11.3 Å². The number of phenolic OH excluding ortho intramolecular Hbond substituents is 1. The summed E-state index contributed by atoms with van der Waals surface area (Å²) in [5.74, 6) is 0.0171. The highest BCUT2D eigenvalue weighted by Crippen LogP contribution is 2.21. The van der Waals surface area contributed by atoms with E-state index in [-0.39, 0.29) is 28.6 Å². The van der Waals surface area contributed by atoms with Crippen LogP contribution in [0.15, 0.2) is 53.3 Å². The number of aromatic hydroxyl groups is 1.